The maximum atomic E-state index is 11.9. The Morgan fingerprint density at radius 2 is 2.14 bits per heavy atom. The van der Waals surface area contributed by atoms with Crippen LogP contribution in [0.5, 0.6) is 0 Å². The highest BCUT2D eigenvalue weighted by Crippen LogP contribution is 2.21. The number of hydrogen-bond acceptors (Lipinski definition) is 4. The van der Waals surface area contributed by atoms with Crippen LogP contribution >= 0.6 is 0 Å². The maximum Gasteiger partial charge on any atom is 0.243 e. The Morgan fingerprint density at radius 1 is 1.43 bits per heavy atom. The van der Waals surface area contributed by atoms with Gasteiger partial charge in [0.25, 0.3) is 0 Å². The van der Waals surface area contributed by atoms with Gasteiger partial charge in [0.05, 0.1) is 6.10 Å². The lowest BCUT2D eigenvalue weighted by Gasteiger charge is -2.34. The minimum atomic E-state index is -1.17. The predicted molar refractivity (Wildman–Crippen MR) is 82.6 cm³/mol. The highest BCUT2D eigenvalue weighted by atomic mass is 16.5. The van der Waals surface area contributed by atoms with E-state index in [0.717, 1.165) is 38.1 Å². The number of hydrogen-bond donors (Lipinski definition) is 2. The first-order chi connectivity index (χ1) is 10.1. The van der Waals surface area contributed by atoms with Crippen molar-refractivity contribution >= 4 is 5.91 Å². The highest BCUT2D eigenvalue weighted by molar-refractivity contribution is 5.86. The van der Waals surface area contributed by atoms with E-state index in [-0.39, 0.29) is 6.10 Å². The Balaban J connectivity index is 2.12. The van der Waals surface area contributed by atoms with E-state index in [0.29, 0.717) is 6.54 Å². The van der Waals surface area contributed by atoms with Crippen LogP contribution in [0.15, 0.2) is 30.3 Å². The fourth-order valence-corrected chi connectivity index (χ4v) is 2.78. The number of nitrogens with zero attached hydrogens (tertiary/aromatic N) is 1. The summed E-state index contributed by atoms with van der Waals surface area (Å²) in [5.41, 5.74) is 11.5. The van der Waals surface area contributed by atoms with Crippen molar-refractivity contribution in [1.29, 1.82) is 0 Å². The molecule has 2 rings (SSSR count). The zero-order valence-corrected chi connectivity index (χ0v) is 12.6. The molecule has 1 saturated heterocycles. The third kappa shape index (κ3) is 3.81. The van der Waals surface area contributed by atoms with E-state index in [1.54, 1.807) is 0 Å². The van der Waals surface area contributed by atoms with Crippen LogP contribution < -0.4 is 11.5 Å². The Hall–Kier alpha value is -1.43. The van der Waals surface area contributed by atoms with Crippen LogP contribution in [0.1, 0.15) is 25.3 Å². The number of likely N-dealkylation sites (N-methyl/N-ethyl adjacent to an activating group) is 1. The van der Waals surface area contributed by atoms with Crippen LogP contribution in [0.3, 0.4) is 0 Å². The Morgan fingerprint density at radius 3 is 2.67 bits per heavy atom. The number of amides is 1. The van der Waals surface area contributed by atoms with Gasteiger partial charge in [-0.25, -0.2) is 0 Å². The van der Waals surface area contributed by atoms with Gasteiger partial charge >= 0.3 is 0 Å². The van der Waals surface area contributed by atoms with E-state index < -0.39 is 11.4 Å². The molecular formula is C16H25N3O2. The van der Waals surface area contributed by atoms with E-state index in [4.69, 9.17) is 16.2 Å². The minimum absolute atomic E-state index is 0.234. The average Bonchev–Trinajstić information content (AvgIpc) is 3.00. The molecule has 1 aromatic rings. The number of nitrogens with two attached hydrogens (primary N) is 2. The van der Waals surface area contributed by atoms with Gasteiger partial charge in [-0.2, -0.15) is 0 Å². The van der Waals surface area contributed by atoms with Gasteiger partial charge < -0.3 is 16.2 Å². The van der Waals surface area contributed by atoms with E-state index >= 15 is 0 Å². The topological polar surface area (TPSA) is 81.6 Å². The van der Waals surface area contributed by atoms with Gasteiger partial charge in [-0.15, -0.1) is 0 Å². The molecule has 5 heteroatoms. The first-order valence-corrected chi connectivity index (χ1v) is 7.54. The number of carbonyl (C=O) groups is 1. The lowest BCUT2D eigenvalue weighted by Crippen LogP contribution is -2.57. The molecule has 0 aliphatic carbocycles. The summed E-state index contributed by atoms with van der Waals surface area (Å²) in [6.45, 7) is 4.88. The summed E-state index contributed by atoms with van der Waals surface area (Å²) in [4.78, 5) is 14.1. The van der Waals surface area contributed by atoms with Crippen LogP contribution in [0.2, 0.25) is 0 Å². The Kier molecular flexibility index (Phi) is 5.33. The summed E-state index contributed by atoms with van der Waals surface area (Å²) in [5.74, 6) is -0.500. The maximum absolute atomic E-state index is 11.9. The molecule has 0 aromatic heterocycles. The smallest absolute Gasteiger partial charge is 0.243 e. The van der Waals surface area contributed by atoms with E-state index in [1.165, 1.54) is 0 Å². The second kappa shape index (κ2) is 7.02. The van der Waals surface area contributed by atoms with Gasteiger partial charge in [-0.3, -0.25) is 9.69 Å². The van der Waals surface area contributed by atoms with Crippen LogP contribution in [-0.2, 0) is 15.1 Å². The molecule has 2 atom stereocenters. The number of primary amides is 1. The number of benzene rings is 1. The summed E-state index contributed by atoms with van der Waals surface area (Å²) >= 11 is 0. The molecule has 0 radical (unpaired) electrons. The molecule has 0 spiro atoms. The van der Waals surface area contributed by atoms with Gasteiger partial charge in [0.1, 0.15) is 5.54 Å². The fourth-order valence-electron chi connectivity index (χ4n) is 2.78. The summed E-state index contributed by atoms with van der Waals surface area (Å²) < 4.78 is 5.67. The van der Waals surface area contributed by atoms with Crippen molar-refractivity contribution < 1.29 is 9.53 Å². The van der Waals surface area contributed by atoms with Crippen LogP contribution in [0.4, 0.5) is 0 Å². The molecule has 5 nitrogen and oxygen atoms in total. The molecular weight excluding hydrogens is 266 g/mol. The van der Waals surface area contributed by atoms with Gasteiger partial charge in [-0.05, 0) is 24.9 Å². The lowest BCUT2D eigenvalue weighted by atomic mass is 9.89. The highest BCUT2D eigenvalue weighted by Gasteiger charge is 2.36. The van der Waals surface area contributed by atoms with Crippen LogP contribution in [0, 0.1) is 0 Å². The predicted octanol–water partition coefficient (Wildman–Crippen LogP) is 0.827. The van der Waals surface area contributed by atoms with Crippen LogP contribution in [-0.4, -0.2) is 43.2 Å². The van der Waals surface area contributed by atoms with Gasteiger partial charge in [0.2, 0.25) is 5.91 Å². The summed E-state index contributed by atoms with van der Waals surface area (Å²) in [6.07, 6.45) is 2.40. The lowest BCUT2D eigenvalue weighted by molar-refractivity contribution is -0.124. The van der Waals surface area contributed by atoms with Crippen molar-refractivity contribution in [3.63, 3.8) is 0 Å². The Labute approximate surface area is 126 Å². The molecule has 1 heterocycles. The van der Waals surface area contributed by atoms with Crippen molar-refractivity contribution in [2.24, 2.45) is 11.5 Å². The average molecular weight is 291 g/mol. The largest absolute Gasteiger partial charge is 0.377 e. The molecule has 1 aliphatic heterocycles. The Bertz CT molecular complexity index is 460. The summed E-state index contributed by atoms with van der Waals surface area (Å²) in [5, 5.41) is 0. The normalized spacial score (nSPS) is 21.4. The number of ether oxygens (including phenoxy) is 1. The summed E-state index contributed by atoms with van der Waals surface area (Å²) in [6, 6.07) is 9.34. The standard InChI is InChI=1S/C16H25N3O2/c1-2-19(11-14-9-6-10-21-14)12-16(18,15(17)20)13-7-4-3-5-8-13/h3-5,7-8,14H,2,6,9-12,18H2,1H3,(H2,17,20). The number of carbonyl (C=O) groups excluding carboxylic acids is 1. The zero-order valence-electron chi connectivity index (χ0n) is 12.6. The molecule has 0 saturated carbocycles. The second-order valence-corrected chi connectivity index (χ2v) is 5.66. The van der Waals surface area contributed by atoms with Crippen molar-refractivity contribution in [1.82, 2.24) is 4.90 Å². The quantitative estimate of drug-likeness (QED) is 0.779. The van der Waals surface area contributed by atoms with Crippen LogP contribution in [0.25, 0.3) is 0 Å². The van der Waals surface area contributed by atoms with Crippen molar-refractivity contribution in [3.8, 4) is 0 Å². The van der Waals surface area contributed by atoms with Crippen molar-refractivity contribution in [2.75, 3.05) is 26.2 Å². The minimum Gasteiger partial charge on any atom is -0.377 e. The first kappa shape index (κ1) is 15.9. The third-order valence-electron chi connectivity index (χ3n) is 4.13. The fraction of sp³-hybridized carbons (Fsp3) is 0.562. The molecule has 1 amide bonds. The van der Waals surface area contributed by atoms with E-state index in [2.05, 4.69) is 11.8 Å². The number of rotatable bonds is 7. The molecule has 1 aromatic carbocycles. The zero-order chi connectivity index (χ0) is 15.3. The first-order valence-electron chi connectivity index (χ1n) is 7.54. The van der Waals surface area contributed by atoms with Gasteiger partial charge in [-0.1, -0.05) is 37.3 Å². The van der Waals surface area contributed by atoms with Crippen molar-refractivity contribution in [3.05, 3.63) is 35.9 Å². The second-order valence-electron chi connectivity index (χ2n) is 5.66. The SMILES string of the molecule is CCN(CC1CCCO1)CC(N)(C(N)=O)c1ccccc1. The molecule has 0 bridgehead atoms. The van der Waals surface area contributed by atoms with E-state index in [9.17, 15) is 4.79 Å². The molecule has 21 heavy (non-hydrogen) atoms. The monoisotopic (exact) mass is 291 g/mol. The third-order valence-corrected chi connectivity index (χ3v) is 4.13. The van der Waals surface area contributed by atoms with Gasteiger partial charge in [0.15, 0.2) is 0 Å². The molecule has 116 valence electrons. The molecule has 1 fully saturated rings. The van der Waals surface area contributed by atoms with Gasteiger partial charge in [0, 0.05) is 19.7 Å². The van der Waals surface area contributed by atoms with E-state index in [1.807, 2.05) is 30.3 Å². The molecule has 1 aliphatic rings. The summed E-state index contributed by atoms with van der Waals surface area (Å²) in [7, 11) is 0. The molecule has 2 unspecified atom stereocenters. The van der Waals surface area contributed by atoms with Crippen molar-refractivity contribution in [2.45, 2.75) is 31.4 Å². The molecule has 4 N–H and O–H groups in total.